The second kappa shape index (κ2) is 4.81. The van der Waals surface area contributed by atoms with Gasteiger partial charge in [-0.25, -0.2) is 0 Å². The van der Waals surface area contributed by atoms with Gasteiger partial charge in [0.2, 0.25) is 0 Å². The summed E-state index contributed by atoms with van der Waals surface area (Å²) < 4.78 is 0. The van der Waals surface area contributed by atoms with Crippen LogP contribution < -0.4 is 5.32 Å². The number of aromatic hydroxyl groups is 1. The molecule has 0 aliphatic carbocycles. The summed E-state index contributed by atoms with van der Waals surface area (Å²) in [5.74, 6) is 0.879. The van der Waals surface area contributed by atoms with Gasteiger partial charge in [-0.05, 0) is 18.2 Å². The minimum absolute atomic E-state index is 0.261. The minimum Gasteiger partial charge on any atom is -0.508 e. The molecule has 2 aromatic rings. The fourth-order valence-corrected chi connectivity index (χ4v) is 1.36. The number of nitrogens with one attached hydrogen (secondary N) is 1. The molecule has 82 valence electrons. The van der Waals surface area contributed by atoms with Crippen LogP contribution in [0.15, 0.2) is 36.4 Å². The lowest BCUT2D eigenvalue weighted by molar-refractivity contribution is 0.469. The molecule has 16 heavy (non-hydrogen) atoms. The second-order valence-electron chi connectivity index (χ2n) is 3.22. The van der Waals surface area contributed by atoms with Crippen LogP contribution in [-0.4, -0.2) is 15.3 Å². The molecule has 2 N–H and O–H groups in total. The molecule has 1 heterocycles. The van der Waals surface area contributed by atoms with Crippen molar-refractivity contribution in [3.8, 4) is 5.75 Å². The number of anilines is 1. The number of phenolic OH excluding ortho intramolecular Hbond substituents is 1. The van der Waals surface area contributed by atoms with Crippen molar-refractivity contribution in [1.82, 2.24) is 10.2 Å². The molecule has 0 saturated carbocycles. The van der Waals surface area contributed by atoms with E-state index in [4.69, 9.17) is 11.6 Å². The maximum atomic E-state index is 9.54. The fourth-order valence-electron chi connectivity index (χ4n) is 1.26. The van der Waals surface area contributed by atoms with Gasteiger partial charge >= 0.3 is 0 Å². The second-order valence-corrected chi connectivity index (χ2v) is 3.61. The Kier molecular flexibility index (Phi) is 3.22. The van der Waals surface area contributed by atoms with E-state index in [1.165, 1.54) is 0 Å². The van der Waals surface area contributed by atoms with Gasteiger partial charge < -0.3 is 10.4 Å². The molecule has 0 aliphatic rings. The molecule has 0 radical (unpaired) electrons. The standard InChI is InChI=1S/C11H10ClN3O/c12-10-5-6-11(15-14-10)13-7-8-3-1-2-4-9(8)16/h1-6,16H,7H2,(H,13,15). The number of rotatable bonds is 3. The highest BCUT2D eigenvalue weighted by Crippen LogP contribution is 2.16. The van der Waals surface area contributed by atoms with Crippen LogP contribution in [0, 0.1) is 0 Å². The van der Waals surface area contributed by atoms with Crippen LogP contribution in [0.4, 0.5) is 5.82 Å². The number of hydrogen-bond acceptors (Lipinski definition) is 4. The lowest BCUT2D eigenvalue weighted by atomic mass is 10.2. The number of halogens is 1. The third kappa shape index (κ3) is 2.61. The molecule has 1 aromatic carbocycles. The van der Waals surface area contributed by atoms with E-state index in [0.29, 0.717) is 17.5 Å². The quantitative estimate of drug-likeness (QED) is 0.858. The number of nitrogens with zero attached hydrogens (tertiary/aromatic N) is 2. The third-order valence-corrected chi connectivity index (χ3v) is 2.29. The highest BCUT2D eigenvalue weighted by molar-refractivity contribution is 6.29. The third-order valence-electron chi connectivity index (χ3n) is 2.08. The predicted molar refractivity (Wildman–Crippen MR) is 62.5 cm³/mol. The monoisotopic (exact) mass is 235 g/mol. The fraction of sp³-hybridized carbons (Fsp3) is 0.0909. The SMILES string of the molecule is Oc1ccccc1CNc1ccc(Cl)nn1. The van der Waals surface area contributed by atoms with Crippen molar-refractivity contribution in [1.29, 1.82) is 0 Å². The Morgan fingerprint density at radius 1 is 1.12 bits per heavy atom. The number of hydrogen-bond donors (Lipinski definition) is 2. The van der Waals surface area contributed by atoms with Crippen molar-refractivity contribution in [2.45, 2.75) is 6.54 Å². The molecule has 0 unspecified atom stereocenters. The van der Waals surface area contributed by atoms with Crippen LogP contribution in [0.25, 0.3) is 0 Å². The zero-order chi connectivity index (χ0) is 11.4. The first-order valence-electron chi connectivity index (χ1n) is 4.75. The summed E-state index contributed by atoms with van der Waals surface area (Å²) in [6.07, 6.45) is 0. The molecular weight excluding hydrogens is 226 g/mol. The first-order chi connectivity index (χ1) is 7.75. The Labute approximate surface area is 97.9 Å². The average Bonchev–Trinajstić information content (AvgIpc) is 2.30. The number of aromatic nitrogens is 2. The van der Waals surface area contributed by atoms with Crippen molar-refractivity contribution in [3.05, 3.63) is 47.1 Å². The average molecular weight is 236 g/mol. The number of phenols is 1. The summed E-state index contributed by atoms with van der Waals surface area (Å²) in [4.78, 5) is 0. The molecule has 0 aliphatic heterocycles. The highest BCUT2D eigenvalue weighted by atomic mass is 35.5. The van der Waals surface area contributed by atoms with E-state index in [1.807, 2.05) is 12.1 Å². The van der Waals surface area contributed by atoms with Crippen LogP contribution in [0.2, 0.25) is 5.15 Å². The highest BCUT2D eigenvalue weighted by Gasteiger charge is 2.00. The lowest BCUT2D eigenvalue weighted by Crippen LogP contribution is -2.02. The Morgan fingerprint density at radius 2 is 1.94 bits per heavy atom. The van der Waals surface area contributed by atoms with Crippen LogP contribution in [-0.2, 0) is 6.54 Å². The van der Waals surface area contributed by atoms with Gasteiger partial charge in [0.05, 0.1) is 0 Å². The van der Waals surface area contributed by atoms with Gasteiger partial charge in [0, 0.05) is 12.1 Å². The van der Waals surface area contributed by atoms with E-state index in [2.05, 4.69) is 15.5 Å². The molecule has 0 fully saturated rings. The Morgan fingerprint density at radius 3 is 2.62 bits per heavy atom. The van der Waals surface area contributed by atoms with E-state index >= 15 is 0 Å². The molecule has 2 rings (SSSR count). The van der Waals surface area contributed by atoms with Crippen molar-refractivity contribution in [3.63, 3.8) is 0 Å². The van der Waals surface area contributed by atoms with E-state index < -0.39 is 0 Å². The van der Waals surface area contributed by atoms with Crippen LogP contribution in [0.1, 0.15) is 5.56 Å². The molecule has 0 bridgehead atoms. The first kappa shape index (κ1) is 10.7. The first-order valence-corrected chi connectivity index (χ1v) is 5.13. The summed E-state index contributed by atoms with van der Waals surface area (Å²) in [7, 11) is 0. The molecule has 0 saturated heterocycles. The van der Waals surface area contributed by atoms with Crippen molar-refractivity contribution in [2.24, 2.45) is 0 Å². The Hall–Kier alpha value is -1.81. The zero-order valence-corrected chi connectivity index (χ0v) is 9.15. The van der Waals surface area contributed by atoms with Gasteiger partial charge in [0.1, 0.15) is 11.6 Å². The van der Waals surface area contributed by atoms with E-state index in [1.54, 1.807) is 24.3 Å². The molecule has 0 spiro atoms. The van der Waals surface area contributed by atoms with Crippen LogP contribution in [0.5, 0.6) is 5.75 Å². The summed E-state index contributed by atoms with van der Waals surface area (Å²) in [6, 6.07) is 10.5. The molecule has 4 nitrogen and oxygen atoms in total. The molecule has 1 aromatic heterocycles. The smallest absolute Gasteiger partial charge is 0.151 e. The van der Waals surface area contributed by atoms with E-state index in [0.717, 1.165) is 5.56 Å². The van der Waals surface area contributed by atoms with Crippen LogP contribution in [0.3, 0.4) is 0 Å². The summed E-state index contributed by atoms with van der Waals surface area (Å²) >= 11 is 5.61. The summed E-state index contributed by atoms with van der Waals surface area (Å²) in [5.41, 5.74) is 0.805. The van der Waals surface area contributed by atoms with Gasteiger partial charge in [-0.1, -0.05) is 29.8 Å². The minimum atomic E-state index is 0.261. The molecular formula is C11H10ClN3O. The zero-order valence-electron chi connectivity index (χ0n) is 8.39. The van der Waals surface area contributed by atoms with Crippen molar-refractivity contribution in [2.75, 3.05) is 5.32 Å². The number of benzene rings is 1. The Balaban J connectivity index is 2.02. The number of para-hydroxylation sites is 1. The normalized spacial score (nSPS) is 10.1. The van der Waals surface area contributed by atoms with Gasteiger partial charge in [-0.3, -0.25) is 0 Å². The van der Waals surface area contributed by atoms with Crippen molar-refractivity contribution < 1.29 is 5.11 Å². The van der Waals surface area contributed by atoms with E-state index in [9.17, 15) is 5.11 Å². The van der Waals surface area contributed by atoms with Gasteiger partial charge in [-0.2, -0.15) is 0 Å². The largest absolute Gasteiger partial charge is 0.508 e. The van der Waals surface area contributed by atoms with Gasteiger partial charge in [0.25, 0.3) is 0 Å². The molecule has 5 heteroatoms. The molecule has 0 amide bonds. The molecule has 0 atom stereocenters. The lowest BCUT2D eigenvalue weighted by Gasteiger charge is -2.06. The summed E-state index contributed by atoms with van der Waals surface area (Å²) in [6.45, 7) is 0.489. The van der Waals surface area contributed by atoms with E-state index in [-0.39, 0.29) is 5.75 Å². The summed E-state index contributed by atoms with van der Waals surface area (Å²) in [5, 5.41) is 20.5. The van der Waals surface area contributed by atoms with Crippen molar-refractivity contribution >= 4 is 17.4 Å². The predicted octanol–water partition coefficient (Wildman–Crippen LogP) is 2.45. The maximum absolute atomic E-state index is 9.54. The Bertz CT molecular complexity index is 473. The van der Waals surface area contributed by atoms with Gasteiger partial charge in [-0.15, -0.1) is 10.2 Å². The van der Waals surface area contributed by atoms with Crippen LogP contribution >= 0.6 is 11.6 Å². The topological polar surface area (TPSA) is 58.0 Å². The maximum Gasteiger partial charge on any atom is 0.151 e. The van der Waals surface area contributed by atoms with Gasteiger partial charge in [0.15, 0.2) is 5.15 Å².